The molecular formula is C9H14N2O3. The summed E-state index contributed by atoms with van der Waals surface area (Å²) in [4.78, 5) is 24.0. The van der Waals surface area contributed by atoms with Gasteiger partial charge in [0.2, 0.25) is 0 Å². The third-order valence-electron chi connectivity index (χ3n) is 3.30. The minimum absolute atomic E-state index is 0.0151. The predicted octanol–water partition coefficient (Wildman–Crippen LogP) is 0.0910. The van der Waals surface area contributed by atoms with Crippen LogP contribution in [0.25, 0.3) is 0 Å². The van der Waals surface area contributed by atoms with Crippen LogP contribution in [0.4, 0.5) is 4.79 Å². The van der Waals surface area contributed by atoms with Gasteiger partial charge in [-0.15, -0.1) is 0 Å². The number of nitrogens with zero attached hydrogens (tertiary/aromatic N) is 1. The largest absolute Gasteiger partial charge is 0.469 e. The second-order valence-electron chi connectivity index (χ2n) is 3.91. The first kappa shape index (κ1) is 9.30. The Morgan fingerprint density at radius 1 is 1.43 bits per heavy atom. The number of nitrogens with two attached hydrogens (primary N) is 1. The molecule has 0 aromatic rings. The van der Waals surface area contributed by atoms with Crippen LogP contribution >= 0.6 is 0 Å². The Bertz CT molecular complexity index is 277. The highest BCUT2D eigenvalue weighted by atomic mass is 16.5. The van der Waals surface area contributed by atoms with Crippen LogP contribution < -0.4 is 5.73 Å². The van der Waals surface area contributed by atoms with Gasteiger partial charge in [0.05, 0.1) is 13.0 Å². The molecule has 78 valence electrons. The van der Waals surface area contributed by atoms with Crippen molar-refractivity contribution >= 4 is 12.0 Å². The van der Waals surface area contributed by atoms with Crippen LogP contribution in [0.5, 0.6) is 0 Å². The summed E-state index contributed by atoms with van der Waals surface area (Å²) in [6.07, 6.45) is 2.56. The van der Waals surface area contributed by atoms with Crippen molar-refractivity contribution in [1.82, 2.24) is 4.90 Å². The highest BCUT2D eigenvalue weighted by molar-refractivity contribution is 5.78. The molecule has 1 saturated carbocycles. The van der Waals surface area contributed by atoms with Gasteiger partial charge < -0.3 is 15.4 Å². The summed E-state index contributed by atoms with van der Waals surface area (Å²) < 4.78 is 4.70. The van der Waals surface area contributed by atoms with Gasteiger partial charge in [0.25, 0.3) is 0 Å². The molecule has 3 atom stereocenters. The van der Waals surface area contributed by atoms with Gasteiger partial charge in [0.1, 0.15) is 0 Å². The molecule has 3 aliphatic rings. The van der Waals surface area contributed by atoms with Crippen molar-refractivity contribution in [2.75, 3.05) is 7.11 Å². The maximum atomic E-state index is 11.4. The molecule has 5 heteroatoms. The van der Waals surface area contributed by atoms with E-state index in [0.29, 0.717) is 0 Å². The minimum Gasteiger partial charge on any atom is -0.469 e. The molecule has 2 heterocycles. The number of carbonyl (C=O) groups excluding carboxylic acids is 2. The molecule has 14 heavy (non-hydrogen) atoms. The van der Waals surface area contributed by atoms with Crippen LogP contribution in [0.1, 0.15) is 19.3 Å². The first-order chi connectivity index (χ1) is 6.65. The number of carbonyl (C=O) groups is 2. The molecule has 5 nitrogen and oxygen atoms in total. The normalized spacial score (nSPS) is 34.6. The molecule has 2 N–H and O–H groups in total. The number of methoxy groups -OCH3 is 1. The number of primary amides is 1. The topological polar surface area (TPSA) is 72.6 Å². The number of rotatable bonds is 1. The number of hydrogen-bond donors (Lipinski definition) is 1. The van der Waals surface area contributed by atoms with Crippen molar-refractivity contribution in [2.24, 2.45) is 11.7 Å². The summed E-state index contributed by atoms with van der Waals surface area (Å²) >= 11 is 0. The lowest BCUT2D eigenvalue weighted by molar-refractivity contribution is -0.154. The lowest BCUT2D eigenvalue weighted by atomic mass is 9.72. The van der Waals surface area contributed by atoms with Gasteiger partial charge in [0.15, 0.2) is 0 Å². The van der Waals surface area contributed by atoms with E-state index >= 15 is 0 Å². The highest BCUT2D eigenvalue weighted by Gasteiger charge is 2.51. The number of fused-ring (bicyclic) bond motifs is 2. The first-order valence-electron chi connectivity index (χ1n) is 4.80. The monoisotopic (exact) mass is 198 g/mol. The molecule has 0 aromatic carbocycles. The van der Waals surface area contributed by atoms with Crippen LogP contribution in [0.2, 0.25) is 0 Å². The zero-order valence-electron chi connectivity index (χ0n) is 8.10. The molecular weight excluding hydrogens is 184 g/mol. The summed E-state index contributed by atoms with van der Waals surface area (Å²) in [5, 5.41) is 0. The maximum Gasteiger partial charge on any atom is 0.315 e. The number of ether oxygens (including phenoxy) is 1. The fraction of sp³-hybridized carbons (Fsp3) is 0.778. The molecule has 0 spiro atoms. The van der Waals surface area contributed by atoms with E-state index in [1.54, 1.807) is 4.90 Å². The van der Waals surface area contributed by atoms with E-state index in [0.717, 1.165) is 19.3 Å². The van der Waals surface area contributed by atoms with Crippen LogP contribution in [0.15, 0.2) is 0 Å². The molecule has 2 aliphatic heterocycles. The Labute approximate surface area is 82.2 Å². The third kappa shape index (κ3) is 1.15. The maximum absolute atomic E-state index is 11.4. The fourth-order valence-corrected chi connectivity index (χ4v) is 2.59. The summed E-state index contributed by atoms with van der Waals surface area (Å²) in [5.74, 6) is -0.392. The smallest absolute Gasteiger partial charge is 0.315 e. The molecule has 3 unspecified atom stereocenters. The van der Waals surface area contributed by atoms with Gasteiger partial charge in [0, 0.05) is 12.1 Å². The van der Waals surface area contributed by atoms with Crippen molar-refractivity contribution in [3.63, 3.8) is 0 Å². The van der Waals surface area contributed by atoms with Gasteiger partial charge in [-0.25, -0.2) is 4.79 Å². The highest BCUT2D eigenvalue weighted by Crippen LogP contribution is 2.41. The molecule has 2 amide bonds. The van der Waals surface area contributed by atoms with Gasteiger partial charge in [-0.2, -0.15) is 0 Å². The summed E-state index contributed by atoms with van der Waals surface area (Å²) in [7, 11) is 1.38. The van der Waals surface area contributed by atoms with E-state index in [1.165, 1.54) is 7.11 Å². The predicted molar refractivity (Wildman–Crippen MR) is 48.4 cm³/mol. The van der Waals surface area contributed by atoms with Crippen LogP contribution in [0, 0.1) is 5.92 Å². The van der Waals surface area contributed by atoms with Crippen LogP contribution in [-0.2, 0) is 9.53 Å². The average molecular weight is 198 g/mol. The number of urea groups is 1. The van der Waals surface area contributed by atoms with Crippen molar-refractivity contribution in [1.29, 1.82) is 0 Å². The molecule has 0 radical (unpaired) electrons. The van der Waals surface area contributed by atoms with Gasteiger partial charge in [-0.3, -0.25) is 4.79 Å². The van der Waals surface area contributed by atoms with Crippen molar-refractivity contribution < 1.29 is 14.3 Å². The van der Waals surface area contributed by atoms with Crippen molar-refractivity contribution in [3.05, 3.63) is 0 Å². The number of hydrogen-bond acceptors (Lipinski definition) is 3. The lowest BCUT2D eigenvalue weighted by Crippen LogP contribution is -2.67. The Morgan fingerprint density at radius 2 is 2.14 bits per heavy atom. The van der Waals surface area contributed by atoms with Crippen LogP contribution in [0.3, 0.4) is 0 Å². The Balaban J connectivity index is 2.09. The van der Waals surface area contributed by atoms with Crippen molar-refractivity contribution in [3.8, 4) is 0 Å². The van der Waals surface area contributed by atoms with Crippen molar-refractivity contribution in [2.45, 2.75) is 31.3 Å². The Kier molecular flexibility index (Phi) is 2.09. The Hall–Kier alpha value is -1.26. The summed E-state index contributed by atoms with van der Waals surface area (Å²) in [6.45, 7) is 0. The zero-order valence-corrected chi connectivity index (χ0v) is 8.10. The lowest BCUT2D eigenvalue weighted by Gasteiger charge is -2.54. The SMILES string of the molecule is COC(=O)C1CCC2CC1N2C(N)=O. The fourth-order valence-electron chi connectivity index (χ4n) is 2.59. The van der Waals surface area contributed by atoms with Gasteiger partial charge in [-0.1, -0.05) is 0 Å². The van der Waals surface area contributed by atoms with E-state index in [1.807, 2.05) is 0 Å². The minimum atomic E-state index is -0.417. The first-order valence-corrected chi connectivity index (χ1v) is 4.80. The molecule has 3 fully saturated rings. The van der Waals surface area contributed by atoms with Crippen LogP contribution in [-0.4, -0.2) is 36.1 Å². The van der Waals surface area contributed by atoms with E-state index in [4.69, 9.17) is 10.5 Å². The third-order valence-corrected chi connectivity index (χ3v) is 3.30. The second kappa shape index (κ2) is 3.15. The van der Waals surface area contributed by atoms with E-state index in [9.17, 15) is 9.59 Å². The van der Waals surface area contributed by atoms with Gasteiger partial charge >= 0.3 is 12.0 Å². The average Bonchev–Trinajstić information content (AvgIpc) is 2.15. The van der Waals surface area contributed by atoms with Gasteiger partial charge in [-0.05, 0) is 19.3 Å². The molecule has 2 saturated heterocycles. The zero-order chi connectivity index (χ0) is 10.3. The number of esters is 1. The summed E-state index contributed by atoms with van der Waals surface area (Å²) in [5.41, 5.74) is 5.23. The number of amides is 2. The van der Waals surface area contributed by atoms with E-state index in [2.05, 4.69) is 0 Å². The molecule has 0 aromatic heterocycles. The van der Waals surface area contributed by atoms with E-state index < -0.39 is 6.03 Å². The second-order valence-corrected chi connectivity index (χ2v) is 3.91. The Morgan fingerprint density at radius 3 is 2.64 bits per heavy atom. The molecule has 2 bridgehead atoms. The molecule has 1 aliphatic carbocycles. The summed E-state index contributed by atoms with van der Waals surface area (Å²) in [6, 6.07) is -0.169. The quantitative estimate of drug-likeness (QED) is 0.607. The standard InChI is InChI=1S/C9H14N2O3/c1-14-8(12)6-3-2-5-4-7(6)11(5)9(10)13/h5-7H,2-4H2,1H3,(H2,10,13). The number of piperidine rings is 1. The van der Waals surface area contributed by atoms with E-state index in [-0.39, 0.29) is 24.0 Å². The molecule has 3 rings (SSSR count).